The van der Waals surface area contributed by atoms with Gasteiger partial charge in [0.25, 0.3) is 5.56 Å². The molecule has 39 heavy (non-hydrogen) atoms. The van der Waals surface area contributed by atoms with Crippen molar-refractivity contribution >= 4 is 29.4 Å². The van der Waals surface area contributed by atoms with Crippen LogP contribution in [-0.2, 0) is 20.9 Å². The van der Waals surface area contributed by atoms with E-state index in [1.165, 1.54) is 4.90 Å². The molecular weight excluding hydrogens is 524 g/mol. The van der Waals surface area contributed by atoms with Crippen LogP contribution in [0.25, 0.3) is 11.4 Å². The number of carboxylic acid groups (broad SMARTS) is 1. The van der Waals surface area contributed by atoms with E-state index in [2.05, 4.69) is 11.9 Å². The van der Waals surface area contributed by atoms with Gasteiger partial charge in [-0.1, -0.05) is 31.4 Å². The summed E-state index contributed by atoms with van der Waals surface area (Å²) in [5, 5.41) is 19.7. The number of nitrogens with zero attached hydrogens (tertiary/aromatic N) is 3. The van der Waals surface area contributed by atoms with Crippen molar-refractivity contribution < 1.29 is 24.6 Å². The Morgan fingerprint density at radius 3 is 2.51 bits per heavy atom. The Morgan fingerprint density at radius 2 is 1.82 bits per heavy atom. The normalized spacial score (nSPS) is 20.6. The first-order valence-electron chi connectivity index (χ1n) is 13.5. The lowest BCUT2D eigenvalue weighted by molar-refractivity contribution is -0.144. The molecule has 3 N–H and O–H groups in total. The number of aromatic amines is 1. The fourth-order valence-corrected chi connectivity index (χ4v) is 5.56. The number of H-pyrrole nitrogens is 1. The van der Waals surface area contributed by atoms with E-state index in [1.807, 2.05) is 0 Å². The molecule has 210 valence electrons. The summed E-state index contributed by atoms with van der Waals surface area (Å²) < 4.78 is 0. The molecule has 11 heteroatoms. The minimum absolute atomic E-state index is 0.0209. The van der Waals surface area contributed by atoms with Crippen LogP contribution in [-0.4, -0.2) is 73.0 Å². The lowest BCUT2D eigenvalue weighted by Crippen LogP contribution is -2.50. The van der Waals surface area contributed by atoms with Crippen LogP contribution in [0, 0.1) is 0 Å². The van der Waals surface area contributed by atoms with E-state index in [0.29, 0.717) is 41.5 Å². The maximum absolute atomic E-state index is 13.7. The predicted molar refractivity (Wildman–Crippen MR) is 145 cm³/mol. The Kier molecular flexibility index (Phi) is 9.40. The van der Waals surface area contributed by atoms with E-state index in [4.69, 9.17) is 21.7 Å². The van der Waals surface area contributed by atoms with Crippen molar-refractivity contribution in [3.63, 3.8) is 0 Å². The fraction of sp³-hybridized carbons (Fsp3) is 0.536. The number of carboxylic acids is 1. The van der Waals surface area contributed by atoms with E-state index < -0.39 is 18.1 Å². The summed E-state index contributed by atoms with van der Waals surface area (Å²) in [5.41, 5.74) is 1.57. The van der Waals surface area contributed by atoms with Crippen molar-refractivity contribution in [2.45, 2.75) is 82.9 Å². The maximum Gasteiger partial charge on any atom is 0.303 e. The fourth-order valence-electron chi connectivity index (χ4n) is 5.43. The summed E-state index contributed by atoms with van der Waals surface area (Å²) in [4.78, 5) is 61.4. The summed E-state index contributed by atoms with van der Waals surface area (Å²) in [7, 11) is 0. The number of unbranched alkanes of at least 4 members (excludes halogenated alkanes) is 2. The summed E-state index contributed by atoms with van der Waals surface area (Å²) in [5.74, 6) is -1.17. The van der Waals surface area contributed by atoms with Crippen LogP contribution in [0.2, 0.25) is 5.02 Å². The molecule has 0 spiro atoms. The number of β-amino-alcohol motifs (C(OH)–C–C–N with tert-alkyl or cyclic N) is 1. The van der Waals surface area contributed by atoms with Crippen molar-refractivity contribution in [3.8, 4) is 11.4 Å². The molecule has 1 aromatic carbocycles. The van der Waals surface area contributed by atoms with Crippen LogP contribution >= 0.6 is 11.6 Å². The van der Waals surface area contributed by atoms with Crippen LogP contribution < -0.4 is 5.56 Å². The van der Waals surface area contributed by atoms with Gasteiger partial charge in [-0.05, 0) is 43.5 Å². The minimum atomic E-state index is -0.917. The van der Waals surface area contributed by atoms with Crippen LogP contribution in [0.5, 0.6) is 0 Å². The number of likely N-dealkylation sites (tertiary alicyclic amines) is 1. The number of nitrogens with one attached hydrogen (secondary N) is 1. The molecule has 1 saturated heterocycles. The zero-order chi connectivity index (χ0) is 28.1. The molecule has 2 amide bonds. The Balaban J connectivity index is 1.56. The minimum Gasteiger partial charge on any atom is -0.481 e. The number of aliphatic carboxylic acids is 1. The third-order valence-electron chi connectivity index (χ3n) is 7.48. The van der Waals surface area contributed by atoms with Gasteiger partial charge in [-0.15, -0.1) is 0 Å². The number of carbonyl (C=O) groups excluding carboxylic acids is 2. The highest BCUT2D eigenvalue weighted by atomic mass is 35.5. The van der Waals surface area contributed by atoms with E-state index >= 15 is 0 Å². The summed E-state index contributed by atoms with van der Waals surface area (Å²) in [6.45, 7) is 2.59. The van der Waals surface area contributed by atoms with Gasteiger partial charge in [-0.3, -0.25) is 19.2 Å². The molecule has 1 unspecified atom stereocenters. The highest BCUT2D eigenvalue weighted by molar-refractivity contribution is 6.30. The standard InChI is InChI=1S/C28H35ClN4O6/c1-2-3-6-18-14-32(16-21-25(18)30-26(31-27(21)38)17-9-11-19(29)12-10-17)28(39)22-13-20(34)15-33(22)23(35)7-4-5-8-24(36)37/h9-12,18,20,22,34H,2-8,13-16H2,1H3,(H,36,37)(H,30,31,38)/t18?,20-,22+/m1/s1. The maximum atomic E-state index is 13.7. The van der Waals surface area contributed by atoms with E-state index in [0.717, 1.165) is 24.8 Å². The first-order chi connectivity index (χ1) is 18.7. The molecule has 1 aromatic heterocycles. The zero-order valence-electron chi connectivity index (χ0n) is 22.1. The molecular formula is C28H35ClN4O6. The number of hydrogen-bond acceptors (Lipinski definition) is 6. The predicted octanol–water partition coefficient (Wildman–Crippen LogP) is 3.31. The van der Waals surface area contributed by atoms with Crippen LogP contribution in [0.4, 0.5) is 0 Å². The highest BCUT2D eigenvalue weighted by Gasteiger charge is 2.42. The van der Waals surface area contributed by atoms with E-state index in [-0.39, 0.29) is 55.6 Å². The molecule has 2 aliphatic rings. The van der Waals surface area contributed by atoms with Gasteiger partial charge < -0.3 is 25.0 Å². The monoisotopic (exact) mass is 558 g/mol. The summed E-state index contributed by atoms with van der Waals surface area (Å²) >= 11 is 6.02. The van der Waals surface area contributed by atoms with Crippen LogP contribution in [0.3, 0.4) is 0 Å². The van der Waals surface area contributed by atoms with Crippen LogP contribution in [0.15, 0.2) is 29.1 Å². The zero-order valence-corrected chi connectivity index (χ0v) is 22.8. The van der Waals surface area contributed by atoms with Crippen molar-refractivity contribution in [3.05, 3.63) is 50.9 Å². The molecule has 0 bridgehead atoms. The number of amides is 2. The molecule has 0 aliphatic carbocycles. The summed E-state index contributed by atoms with van der Waals surface area (Å²) in [6.07, 6.45) is 2.78. The molecule has 0 radical (unpaired) electrons. The molecule has 10 nitrogen and oxygen atoms in total. The molecule has 2 aliphatic heterocycles. The average Bonchev–Trinajstić information content (AvgIpc) is 3.31. The van der Waals surface area contributed by atoms with E-state index in [1.54, 1.807) is 29.2 Å². The smallest absolute Gasteiger partial charge is 0.303 e. The number of rotatable bonds is 10. The van der Waals surface area contributed by atoms with Gasteiger partial charge in [0.2, 0.25) is 11.8 Å². The molecule has 1 fully saturated rings. The molecule has 0 saturated carbocycles. The largest absolute Gasteiger partial charge is 0.481 e. The second-order valence-corrected chi connectivity index (χ2v) is 10.8. The lowest BCUT2D eigenvalue weighted by atomic mass is 9.90. The third kappa shape index (κ3) is 6.86. The van der Waals surface area contributed by atoms with Gasteiger partial charge in [0, 0.05) is 48.9 Å². The van der Waals surface area contributed by atoms with Gasteiger partial charge in [0.15, 0.2) is 0 Å². The van der Waals surface area contributed by atoms with Gasteiger partial charge in [-0.2, -0.15) is 0 Å². The molecule has 4 rings (SSSR count). The number of fused-ring (bicyclic) bond motifs is 1. The Morgan fingerprint density at radius 1 is 1.10 bits per heavy atom. The number of aliphatic hydroxyl groups is 1. The number of carbonyl (C=O) groups is 3. The summed E-state index contributed by atoms with van der Waals surface area (Å²) in [6, 6.07) is 6.25. The van der Waals surface area contributed by atoms with Crippen molar-refractivity contribution in [1.82, 2.24) is 19.8 Å². The molecule has 3 heterocycles. The van der Waals surface area contributed by atoms with Crippen LogP contribution in [0.1, 0.15) is 75.5 Å². The van der Waals surface area contributed by atoms with Crippen molar-refractivity contribution in [2.75, 3.05) is 13.1 Å². The second-order valence-electron chi connectivity index (χ2n) is 10.4. The van der Waals surface area contributed by atoms with Gasteiger partial charge in [-0.25, -0.2) is 4.98 Å². The quantitative estimate of drug-likeness (QED) is 0.379. The van der Waals surface area contributed by atoms with Gasteiger partial charge in [0.05, 0.1) is 23.9 Å². The second kappa shape index (κ2) is 12.7. The Hall–Kier alpha value is -3.24. The van der Waals surface area contributed by atoms with Crippen molar-refractivity contribution in [2.24, 2.45) is 0 Å². The first kappa shape index (κ1) is 28.8. The molecule has 3 atom stereocenters. The number of halogens is 1. The van der Waals surface area contributed by atoms with Crippen molar-refractivity contribution in [1.29, 1.82) is 0 Å². The topological polar surface area (TPSA) is 144 Å². The average molecular weight is 559 g/mol. The third-order valence-corrected chi connectivity index (χ3v) is 7.73. The number of hydrogen-bond donors (Lipinski definition) is 3. The Labute approximate surface area is 232 Å². The highest BCUT2D eigenvalue weighted by Crippen LogP contribution is 2.32. The SMILES string of the molecule is CCCCC1CN(C(=O)[C@@H]2C[C@@H](O)CN2C(=O)CCCCC(=O)O)Cc2c1nc(-c1ccc(Cl)cc1)[nH]c2=O. The Bertz CT molecular complexity index is 1260. The molecule has 2 aromatic rings. The number of aromatic nitrogens is 2. The van der Waals surface area contributed by atoms with Gasteiger partial charge in [0.1, 0.15) is 11.9 Å². The first-order valence-corrected chi connectivity index (χ1v) is 13.9. The van der Waals surface area contributed by atoms with Gasteiger partial charge >= 0.3 is 5.97 Å². The lowest BCUT2D eigenvalue weighted by Gasteiger charge is -2.36. The number of aliphatic hydroxyl groups excluding tert-OH is 1. The number of benzene rings is 1. The van der Waals surface area contributed by atoms with E-state index in [9.17, 15) is 24.3 Å².